The third kappa shape index (κ3) is 3.30. The summed E-state index contributed by atoms with van der Waals surface area (Å²) in [5, 5.41) is 2.44. The standard InChI is InChI=1S/C27H20N2/c1-19-18-28-27(21-10-3-2-4-11-21)17-24(19)26-16-8-15-25(29-26)23-14-7-12-20-9-5-6-13-22(20)23/h2-18H,1H3. The minimum atomic E-state index is 0.962. The first-order valence-corrected chi connectivity index (χ1v) is 9.77. The Labute approximate surface area is 170 Å². The molecule has 2 nitrogen and oxygen atoms in total. The molecule has 0 unspecified atom stereocenters. The minimum absolute atomic E-state index is 0.962. The van der Waals surface area contributed by atoms with Crippen LogP contribution in [0.2, 0.25) is 0 Å². The summed E-state index contributed by atoms with van der Waals surface area (Å²) in [4.78, 5) is 9.66. The smallest absolute Gasteiger partial charge is 0.0715 e. The number of fused-ring (bicyclic) bond motifs is 1. The van der Waals surface area contributed by atoms with Gasteiger partial charge in [-0.25, -0.2) is 4.98 Å². The van der Waals surface area contributed by atoms with E-state index in [1.807, 2.05) is 24.4 Å². The molecule has 0 aliphatic rings. The lowest BCUT2D eigenvalue weighted by Crippen LogP contribution is -1.93. The summed E-state index contributed by atoms with van der Waals surface area (Å²) in [6.45, 7) is 2.09. The van der Waals surface area contributed by atoms with Crippen molar-refractivity contribution in [1.29, 1.82) is 0 Å². The van der Waals surface area contributed by atoms with Crippen LogP contribution >= 0.6 is 0 Å². The van der Waals surface area contributed by atoms with Crippen molar-refractivity contribution in [1.82, 2.24) is 9.97 Å². The maximum Gasteiger partial charge on any atom is 0.0715 e. The Morgan fingerprint density at radius 1 is 0.586 bits per heavy atom. The Balaban J connectivity index is 1.64. The summed E-state index contributed by atoms with van der Waals surface area (Å²) in [5.74, 6) is 0. The highest BCUT2D eigenvalue weighted by Crippen LogP contribution is 2.31. The van der Waals surface area contributed by atoms with E-state index in [0.29, 0.717) is 0 Å². The summed E-state index contributed by atoms with van der Waals surface area (Å²) in [6, 6.07) is 33.5. The van der Waals surface area contributed by atoms with Gasteiger partial charge in [0.25, 0.3) is 0 Å². The van der Waals surface area contributed by atoms with Crippen LogP contribution in [-0.2, 0) is 0 Å². The zero-order chi connectivity index (χ0) is 19.6. The highest BCUT2D eigenvalue weighted by molar-refractivity contribution is 5.96. The first-order valence-electron chi connectivity index (χ1n) is 9.77. The van der Waals surface area contributed by atoms with E-state index in [-0.39, 0.29) is 0 Å². The lowest BCUT2D eigenvalue weighted by molar-refractivity contribution is 1.24. The van der Waals surface area contributed by atoms with Gasteiger partial charge < -0.3 is 0 Å². The first kappa shape index (κ1) is 17.3. The van der Waals surface area contributed by atoms with E-state index in [1.54, 1.807) is 0 Å². The zero-order valence-corrected chi connectivity index (χ0v) is 16.2. The van der Waals surface area contributed by atoms with Gasteiger partial charge in [0.05, 0.1) is 17.1 Å². The largest absolute Gasteiger partial charge is 0.256 e. The topological polar surface area (TPSA) is 25.8 Å². The third-order valence-electron chi connectivity index (χ3n) is 5.26. The van der Waals surface area contributed by atoms with Crippen LogP contribution in [0.15, 0.2) is 103 Å². The molecular formula is C27H20N2. The van der Waals surface area contributed by atoms with Crippen molar-refractivity contribution in [2.45, 2.75) is 6.92 Å². The Kier molecular flexibility index (Phi) is 4.38. The second-order valence-electron chi connectivity index (χ2n) is 7.19. The van der Waals surface area contributed by atoms with E-state index >= 15 is 0 Å². The fourth-order valence-corrected chi connectivity index (χ4v) is 3.75. The molecule has 0 bridgehead atoms. The summed E-state index contributed by atoms with van der Waals surface area (Å²) in [5.41, 5.74) is 7.40. The number of aryl methyl sites for hydroxylation is 1. The van der Waals surface area contributed by atoms with Gasteiger partial charge in [-0.05, 0) is 41.5 Å². The number of hydrogen-bond acceptors (Lipinski definition) is 2. The Hall–Kier alpha value is -3.78. The van der Waals surface area contributed by atoms with Crippen LogP contribution in [-0.4, -0.2) is 9.97 Å². The van der Waals surface area contributed by atoms with Gasteiger partial charge in [0, 0.05) is 22.9 Å². The van der Waals surface area contributed by atoms with Crippen molar-refractivity contribution in [3.8, 4) is 33.8 Å². The van der Waals surface area contributed by atoms with Gasteiger partial charge >= 0.3 is 0 Å². The molecular weight excluding hydrogens is 352 g/mol. The fraction of sp³-hybridized carbons (Fsp3) is 0.0370. The molecule has 5 aromatic rings. The van der Waals surface area contributed by atoms with E-state index in [1.165, 1.54) is 10.8 Å². The maximum atomic E-state index is 5.03. The predicted molar refractivity (Wildman–Crippen MR) is 121 cm³/mol. The summed E-state index contributed by atoms with van der Waals surface area (Å²) in [7, 11) is 0. The van der Waals surface area contributed by atoms with E-state index in [9.17, 15) is 0 Å². The monoisotopic (exact) mass is 372 g/mol. The second-order valence-corrected chi connectivity index (χ2v) is 7.19. The number of aromatic nitrogens is 2. The highest BCUT2D eigenvalue weighted by atomic mass is 14.7. The molecule has 5 rings (SSSR count). The molecule has 29 heavy (non-hydrogen) atoms. The van der Waals surface area contributed by atoms with Gasteiger partial charge in [-0.1, -0.05) is 78.9 Å². The lowest BCUT2D eigenvalue weighted by atomic mass is 10.00. The maximum absolute atomic E-state index is 5.03. The highest BCUT2D eigenvalue weighted by Gasteiger charge is 2.10. The van der Waals surface area contributed by atoms with Gasteiger partial charge in [0.2, 0.25) is 0 Å². The van der Waals surface area contributed by atoms with Crippen molar-refractivity contribution < 1.29 is 0 Å². The Morgan fingerprint density at radius 2 is 1.28 bits per heavy atom. The molecule has 3 aromatic carbocycles. The SMILES string of the molecule is Cc1cnc(-c2ccccc2)cc1-c1cccc(-c2cccc3ccccc23)n1. The predicted octanol–water partition coefficient (Wildman–Crippen LogP) is 6.94. The van der Waals surface area contributed by atoms with Crippen LogP contribution in [0, 0.1) is 6.92 Å². The molecule has 0 amide bonds. The molecule has 0 fully saturated rings. The Bertz CT molecular complexity index is 1300. The second kappa shape index (κ2) is 7.33. The minimum Gasteiger partial charge on any atom is -0.256 e. The van der Waals surface area contributed by atoms with Crippen molar-refractivity contribution in [3.63, 3.8) is 0 Å². The van der Waals surface area contributed by atoms with E-state index in [2.05, 4.69) is 90.8 Å². The number of rotatable bonds is 3. The van der Waals surface area contributed by atoms with Crippen LogP contribution in [0.4, 0.5) is 0 Å². The Morgan fingerprint density at radius 3 is 2.14 bits per heavy atom. The molecule has 0 saturated heterocycles. The summed E-state index contributed by atoms with van der Waals surface area (Å²) >= 11 is 0. The molecule has 0 spiro atoms. The molecule has 0 aliphatic heterocycles. The third-order valence-corrected chi connectivity index (χ3v) is 5.26. The van der Waals surface area contributed by atoms with Gasteiger partial charge in [0.1, 0.15) is 0 Å². The van der Waals surface area contributed by atoms with Gasteiger partial charge in [-0.15, -0.1) is 0 Å². The molecule has 2 aromatic heterocycles. The van der Waals surface area contributed by atoms with Crippen LogP contribution in [0.1, 0.15) is 5.56 Å². The summed E-state index contributed by atoms with van der Waals surface area (Å²) < 4.78 is 0. The molecule has 2 heteroatoms. The van der Waals surface area contributed by atoms with Crippen LogP contribution < -0.4 is 0 Å². The fourth-order valence-electron chi connectivity index (χ4n) is 3.75. The van der Waals surface area contributed by atoms with E-state index in [0.717, 1.165) is 39.3 Å². The molecule has 0 saturated carbocycles. The van der Waals surface area contributed by atoms with Gasteiger partial charge in [-0.2, -0.15) is 0 Å². The van der Waals surface area contributed by atoms with Gasteiger partial charge in [0.15, 0.2) is 0 Å². The molecule has 138 valence electrons. The number of nitrogens with zero attached hydrogens (tertiary/aromatic N) is 2. The van der Waals surface area contributed by atoms with Crippen LogP contribution in [0.25, 0.3) is 44.5 Å². The quantitative estimate of drug-likeness (QED) is 0.343. The molecule has 0 aliphatic carbocycles. The van der Waals surface area contributed by atoms with Gasteiger partial charge in [-0.3, -0.25) is 4.98 Å². The lowest BCUT2D eigenvalue weighted by Gasteiger charge is -2.11. The van der Waals surface area contributed by atoms with Crippen molar-refractivity contribution in [2.24, 2.45) is 0 Å². The molecule has 2 heterocycles. The number of hydrogen-bond donors (Lipinski definition) is 0. The van der Waals surface area contributed by atoms with Crippen LogP contribution in [0.5, 0.6) is 0 Å². The van der Waals surface area contributed by atoms with Crippen molar-refractivity contribution in [2.75, 3.05) is 0 Å². The normalized spacial score (nSPS) is 10.9. The van der Waals surface area contributed by atoms with Crippen LogP contribution in [0.3, 0.4) is 0 Å². The van der Waals surface area contributed by atoms with Crippen molar-refractivity contribution in [3.05, 3.63) is 109 Å². The van der Waals surface area contributed by atoms with E-state index in [4.69, 9.17) is 4.98 Å². The average molecular weight is 372 g/mol. The summed E-state index contributed by atoms with van der Waals surface area (Å²) in [6.07, 6.45) is 1.93. The first-order chi connectivity index (χ1) is 14.3. The zero-order valence-electron chi connectivity index (χ0n) is 16.2. The molecule has 0 atom stereocenters. The molecule has 0 N–H and O–H groups in total. The number of benzene rings is 3. The number of pyridine rings is 2. The van der Waals surface area contributed by atoms with E-state index < -0.39 is 0 Å². The van der Waals surface area contributed by atoms with Crippen molar-refractivity contribution >= 4 is 10.8 Å². The molecule has 0 radical (unpaired) electrons. The average Bonchev–Trinajstić information content (AvgIpc) is 2.80.